The molecule has 0 radical (unpaired) electrons. The monoisotopic (exact) mass is 259 g/mol. The summed E-state index contributed by atoms with van der Waals surface area (Å²) in [6, 6.07) is 12.5. The smallest absolute Gasteiger partial charge is 0.124 e. The van der Waals surface area contributed by atoms with Crippen LogP contribution in [0.5, 0.6) is 5.75 Å². The van der Waals surface area contributed by atoms with Crippen LogP contribution in [0.4, 0.5) is 0 Å². The van der Waals surface area contributed by atoms with Crippen LogP contribution in [0, 0.1) is 0 Å². The van der Waals surface area contributed by atoms with Gasteiger partial charge in [0.1, 0.15) is 12.4 Å². The minimum Gasteiger partial charge on any atom is -0.491 e. The Morgan fingerprint density at radius 1 is 1.05 bits per heavy atom. The first-order chi connectivity index (χ1) is 9.36. The maximum absolute atomic E-state index is 5.83. The number of ether oxygens (including phenoxy) is 2. The highest BCUT2D eigenvalue weighted by Crippen LogP contribution is 2.28. The molecule has 2 aromatic rings. The van der Waals surface area contributed by atoms with Crippen LogP contribution >= 0.6 is 0 Å². The van der Waals surface area contributed by atoms with Crippen molar-refractivity contribution in [3.63, 3.8) is 0 Å². The third-order valence-electron chi connectivity index (χ3n) is 3.04. The number of fused-ring (bicyclic) bond motifs is 1. The third-order valence-corrected chi connectivity index (χ3v) is 3.04. The van der Waals surface area contributed by atoms with Gasteiger partial charge in [-0.05, 0) is 30.8 Å². The van der Waals surface area contributed by atoms with E-state index in [1.165, 1.54) is 16.3 Å². The van der Waals surface area contributed by atoms with E-state index in [9.17, 15) is 0 Å². The molecule has 0 aliphatic rings. The van der Waals surface area contributed by atoms with Gasteiger partial charge < -0.3 is 14.8 Å². The summed E-state index contributed by atoms with van der Waals surface area (Å²) in [6.07, 6.45) is 0. The van der Waals surface area contributed by atoms with Crippen molar-refractivity contribution < 1.29 is 9.47 Å². The Kier molecular flexibility index (Phi) is 5.19. The fourth-order valence-electron chi connectivity index (χ4n) is 2.17. The van der Waals surface area contributed by atoms with Gasteiger partial charge in [-0.1, -0.05) is 30.3 Å². The zero-order valence-corrected chi connectivity index (χ0v) is 11.6. The Balaban J connectivity index is 2.24. The topological polar surface area (TPSA) is 30.5 Å². The molecular weight excluding hydrogens is 238 g/mol. The van der Waals surface area contributed by atoms with E-state index in [4.69, 9.17) is 9.47 Å². The number of benzene rings is 2. The average molecular weight is 259 g/mol. The van der Waals surface area contributed by atoms with Crippen LogP contribution in [0.15, 0.2) is 36.4 Å². The molecule has 0 saturated carbocycles. The second kappa shape index (κ2) is 7.12. The van der Waals surface area contributed by atoms with E-state index in [2.05, 4.69) is 35.6 Å². The molecule has 0 aliphatic carbocycles. The van der Waals surface area contributed by atoms with E-state index in [1.807, 2.05) is 20.0 Å². The van der Waals surface area contributed by atoms with E-state index < -0.39 is 0 Å². The summed E-state index contributed by atoms with van der Waals surface area (Å²) in [5.41, 5.74) is 1.21. The molecule has 0 aliphatic heterocycles. The molecule has 2 aromatic carbocycles. The van der Waals surface area contributed by atoms with Crippen molar-refractivity contribution in [2.75, 3.05) is 26.9 Å². The largest absolute Gasteiger partial charge is 0.491 e. The zero-order chi connectivity index (χ0) is 13.5. The first kappa shape index (κ1) is 13.8. The molecule has 102 valence electrons. The minimum absolute atomic E-state index is 0.586. The van der Waals surface area contributed by atoms with Crippen molar-refractivity contribution in [1.29, 1.82) is 0 Å². The summed E-state index contributed by atoms with van der Waals surface area (Å²) in [7, 11) is 1.95. The van der Waals surface area contributed by atoms with Gasteiger partial charge in [0.05, 0.1) is 6.61 Å². The lowest BCUT2D eigenvalue weighted by Crippen LogP contribution is -2.11. The molecule has 2 rings (SSSR count). The van der Waals surface area contributed by atoms with Gasteiger partial charge in [-0.25, -0.2) is 0 Å². The lowest BCUT2D eigenvalue weighted by molar-refractivity contribution is 0.110. The Labute approximate surface area is 114 Å². The standard InChI is InChI=1S/C16H21NO2/c1-3-18-10-11-19-16-9-8-13-6-4-5-7-14(13)15(16)12-17-2/h4-9,17H,3,10-12H2,1-2H3. The predicted octanol–water partition coefficient (Wildman–Crippen LogP) is 2.97. The van der Waals surface area contributed by atoms with Gasteiger partial charge in [0.25, 0.3) is 0 Å². The van der Waals surface area contributed by atoms with E-state index in [0.717, 1.165) is 18.9 Å². The number of hydrogen-bond donors (Lipinski definition) is 1. The van der Waals surface area contributed by atoms with Crippen LogP contribution in [0.2, 0.25) is 0 Å². The number of nitrogens with one attached hydrogen (secondary N) is 1. The summed E-state index contributed by atoms with van der Waals surface area (Å²) < 4.78 is 11.1. The van der Waals surface area contributed by atoms with Crippen LogP contribution in [-0.4, -0.2) is 26.9 Å². The maximum Gasteiger partial charge on any atom is 0.124 e. The molecule has 0 unspecified atom stereocenters. The van der Waals surface area contributed by atoms with Gasteiger partial charge in [-0.2, -0.15) is 0 Å². The summed E-state index contributed by atoms with van der Waals surface area (Å²) in [4.78, 5) is 0. The summed E-state index contributed by atoms with van der Waals surface area (Å²) in [6.45, 7) is 4.73. The van der Waals surface area contributed by atoms with Crippen LogP contribution in [0.25, 0.3) is 10.8 Å². The molecule has 0 heterocycles. The van der Waals surface area contributed by atoms with E-state index in [0.29, 0.717) is 13.2 Å². The Bertz CT molecular complexity index is 525. The molecule has 1 N–H and O–H groups in total. The van der Waals surface area contributed by atoms with Crippen LogP contribution < -0.4 is 10.1 Å². The Morgan fingerprint density at radius 3 is 2.68 bits per heavy atom. The lowest BCUT2D eigenvalue weighted by Gasteiger charge is -2.14. The fraction of sp³-hybridized carbons (Fsp3) is 0.375. The fourth-order valence-corrected chi connectivity index (χ4v) is 2.17. The Hall–Kier alpha value is -1.58. The van der Waals surface area contributed by atoms with Gasteiger partial charge in [0.15, 0.2) is 0 Å². The van der Waals surface area contributed by atoms with Crippen molar-refractivity contribution in [2.24, 2.45) is 0 Å². The van der Waals surface area contributed by atoms with Crippen molar-refractivity contribution >= 4 is 10.8 Å². The molecule has 0 saturated heterocycles. The van der Waals surface area contributed by atoms with E-state index in [1.54, 1.807) is 0 Å². The molecule has 0 atom stereocenters. The second-order valence-electron chi connectivity index (χ2n) is 4.34. The highest BCUT2D eigenvalue weighted by atomic mass is 16.5. The second-order valence-corrected chi connectivity index (χ2v) is 4.34. The molecule has 0 spiro atoms. The lowest BCUT2D eigenvalue weighted by atomic mass is 10.0. The molecule has 0 amide bonds. The normalized spacial score (nSPS) is 10.8. The van der Waals surface area contributed by atoms with Gasteiger partial charge in [-0.3, -0.25) is 0 Å². The first-order valence-electron chi connectivity index (χ1n) is 6.72. The van der Waals surface area contributed by atoms with Crippen LogP contribution in [0.1, 0.15) is 12.5 Å². The summed E-state index contributed by atoms with van der Waals surface area (Å²) >= 11 is 0. The molecule has 19 heavy (non-hydrogen) atoms. The highest BCUT2D eigenvalue weighted by molar-refractivity contribution is 5.87. The molecule has 0 aromatic heterocycles. The van der Waals surface area contributed by atoms with Crippen LogP contribution in [-0.2, 0) is 11.3 Å². The third kappa shape index (κ3) is 3.46. The minimum atomic E-state index is 0.586. The average Bonchev–Trinajstić information content (AvgIpc) is 2.45. The summed E-state index contributed by atoms with van der Waals surface area (Å²) in [5.74, 6) is 0.938. The van der Waals surface area contributed by atoms with Crippen molar-refractivity contribution in [3.05, 3.63) is 42.0 Å². The van der Waals surface area contributed by atoms with Gasteiger partial charge >= 0.3 is 0 Å². The van der Waals surface area contributed by atoms with Gasteiger partial charge in [0, 0.05) is 18.7 Å². The Morgan fingerprint density at radius 2 is 1.89 bits per heavy atom. The number of hydrogen-bond acceptors (Lipinski definition) is 3. The van der Waals surface area contributed by atoms with Gasteiger partial charge in [-0.15, -0.1) is 0 Å². The zero-order valence-electron chi connectivity index (χ0n) is 11.6. The van der Waals surface area contributed by atoms with Crippen molar-refractivity contribution in [3.8, 4) is 5.75 Å². The maximum atomic E-state index is 5.83. The van der Waals surface area contributed by atoms with E-state index in [-0.39, 0.29) is 0 Å². The quantitative estimate of drug-likeness (QED) is 0.775. The van der Waals surface area contributed by atoms with Gasteiger partial charge in [0.2, 0.25) is 0 Å². The van der Waals surface area contributed by atoms with E-state index >= 15 is 0 Å². The highest BCUT2D eigenvalue weighted by Gasteiger charge is 2.07. The number of rotatable bonds is 7. The van der Waals surface area contributed by atoms with Crippen molar-refractivity contribution in [1.82, 2.24) is 5.32 Å². The SMILES string of the molecule is CCOCCOc1ccc2ccccc2c1CNC. The first-order valence-corrected chi connectivity index (χ1v) is 6.72. The van der Waals surface area contributed by atoms with Crippen molar-refractivity contribution in [2.45, 2.75) is 13.5 Å². The molecule has 0 bridgehead atoms. The predicted molar refractivity (Wildman–Crippen MR) is 78.7 cm³/mol. The summed E-state index contributed by atoms with van der Waals surface area (Å²) in [5, 5.41) is 5.69. The molecule has 0 fully saturated rings. The molecular formula is C16H21NO2. The molecule has 3 nitrogen and oxygen atoms in total. The van der Waals surface area contributed by atoms with Crippen LogP contribution in [0.3, 0.4) is 0 Å². The molecule has 3 heteroatoms.